The topological polar surface area (TPSA) is 43.6 Å². The summed E-state index contributed by atoms with van der Waals surface area (Å²) in [7, 11) is 1.63. The van der Waals surface area contributed by atoms with E-state index in [1.54, 1.807) is 18.4 Å². The van der Waals surface area contributed by atoms with Crippen LogP contribution in [0.5, 0.6) is 5.75 Å². The number of methoxy groups -OCH3 is 1. The zero-order valence-corrected chi connectivity index (χ0v) is 22.9. The van der Waals surface area contributed by atoms with Gasteiger partial charge in [0.1, 0.15) is 5.75 Å². The summed E-state index contributed by atoms with van der Waals surface area (Å²) in [6.45, 7) is 0. The molecule has 0 bridgehead atoms. The number of thiophene rings is 1. The first-order valence-corrected chi connectivity index (χ1v) is 14.0. The molecule has 6 rings (SSSR count). The summed E-state index contributed by atoms with van der Waals surface area (Å²) in [5, 5.41) is 2.08. The third kappa shape index (κ3) is 3.59. The fourth-order valence-corrected chi connectivity index (χ4v) is 8.12. The van der Waals surface area contributed by atoms with Crippen LogP contribution in [0.15, 0.2) is 78.2 Å². The molecule has 1 aliphatic carbocycles. The lowest BCUT2D eigenvalue weighted by Crippen LogP contribution is -2.38. The number of hydrogen-bond acceptors (Lipinski definition) is 5. The summed E-state index contributed by atoms with van der Waals surface area (Å²) in [4.78, 5) is 20.7. The molecule has 0 saturated heterocycles. The minimum atomic E-state index is -0.115. The number of rotatable bonds is 3. The predicted octanol–water partition coefficient (Wildman–Crippen LogP) is 5.91. The van der Waals surface area contributed by atoms with Gasteiger partial charge in [0.05, 0.1) is 32.3 Å². The Kier molecular flexibility index (Phi) is 5.72. The Bertz CT molecular complexity index is 1630. The molecule has 0 fully saturated rings. The molecule has 4 aromatic rings. The molecule has 34 heavy (non-hydrogen) atoms. The van der Waals surface area contributed by atoms with Crippen molar-refractivity contribution in [1.29, 1.82) is 0 Å². The molecule has 2 aromatic carbocycles. The van der Waals surface area contributed by atoms with Gasteiger partial charge in [-0.1, -0.05) is 41.7 Å². The van der Waals surface area contributed by atoms with Gasteiger partial charge in [0.15, 0.2) is 4.80 Å². The maximum atomic E-state index is 13.8. The number of ether oxygens (including phenoxy) is 1. The zero-order valence-electron chi connectivity index (χ0n) is 18.0. The number of halogens is 2. The zero-order chi connectivity index (χ0) is 23.4. The predicted molar refractivity (Wildman–Crippen MR) is 145 cm³/mol. The van der Waals surface area contributed by atoms with Crippen molar-refractivity contribution in [3.63, 3.8) is 0 Å². The van der Waals surface area contributed by atoms with Crippen molar-refractivity contribution in [3.8, 4) is 5.75 Å². The average Bonchev–Trinajstić information content (AvgIpc) is 3.46. The number of aryl methyl sites for hydroxylation is 1. The Morgan fingerprint density at radius 3 is 2.65 bits per heavy atom. The molecular weight excluding hydrogens is 596 g/mol. The second kappa shape index (κ2) is 8.75. The highest BCUT2D eigenvalue weighted by molar-refractivity contribution is 9.11. The van der Waals surface area contributed by atoms with Crippen molar-refractivity contribution in [2.45, 2.75) is 18.9 Å². The van der Waals surface area contributed by atoms with Gasteiger partial charge in [0.25, 0.3) is 5.56 Å². The van der Waals surface area contributed by atoms with E-state index in [0.29, 0.717) is 4.53 Å². The van der Waals surface area contributed by atoms with E-state index in [4.69, 9.17) is 9.73 Å². The molecule has 0 N–H and O–H groups in total. The summed E-state index contributed by atoms with van der Waals surface area (Å²) in [5.41, 5.74) is 5.67. The molecule has 0 amide bonds. The highest BCUT2D eigenvalue weighted by Gasteiger charge is 2.33. The molecule has 4 nitrogen and oxygen atoms in total. The highest BCUT2D eigenvalue weighted by Crippen LogP contribution is 2.42. The quantitative estimate of drug-likeness (QED) is 0.288. The third-order valence-corrected chi connectivity index (χ3v) is 9.29. The van der Waals surface area contributed by atoms with Gasteiger partial charge in [-0.3, -0.25) is 9.36 Å². The summed E-state index contributed by atoms with van der Waals surface area (Å²) in [6.07, 6.45) is 3.80. The normalized spacial score (nSPS) is 17.1. The van der Waals surface area contributed by atoms with Crippen molar-refractivity contribution >= 4 is 66.3 Å². The summed E-state index contributed by atoms with van der Waals surface area (Å²) in [6, 6.07) is 16.5. The van der Waals surface area contributed by atoms with Crippen molar-refractivity contribution in [3.05, 3.63) is 110 Å². The van der Waals surface area contributed by atoms with Crippen LogP contribution in [0.2, 0.25) is 0 Å². The van der Waals surface area contributed by atoms with Gasteiger partial charge < -0.3 is 4.74 Å². The molecule has 1 aliphatic heterocycles. The number of nitrogens with zero attached hydrogens (tertiary/aromatic N) is 2. The fourth-order valence-electron chi connectivity index (χ4n) is 4.73. The molecule has 2 aliphatic rings. The molecule has 0 unspecified atom stereocenters. The van der Waals surface area contributed by atoms with E-state index < -0.39 is 0 Å². The fraction of sp³-hybridized carbons (Fsp3) is 0.154. The van der Waals surface area contributed by atoms with Crippen LogP contribution in [0.4, 0.5) is 0 Å². The Balaban J connectivity index is 1.59. The maximum absolute atomic E-state index is 13.8. The summed E-state index contributed by atoms with van der Waals surface area (Å²) >= 11 is 10.3. The Morgan fingerprint density at radius 1 is 1.12 bits per heavy atom. The Hall–Kier alpha value is -2.26. The smallest absolute Gasteiger partial charge is 0.271 e. The monoisotopic (exact) mass is 612 g/mol. The second-order valence-corrected chi connectivity index (χ2v) is 11.8. The number of hydrogen-bond donors (Lipinski definition) is 0. The largest absolute Gasteiger partial charge is 0.494 e. The minimum Gasteiger partial charge on any atom is -0.494 e. The van der Waals surface area contributed by atoms with E-state index in [-0.39, 0.29) is 11.6 Å². The Morgan fingerprint density at radius 2 is 1.91 bits per heavy atom. The van der Waals surface area contributed by atoms with Gasteiger partial charge in [-0.05, 0) is 91.1 Å². The molecule has 0 radical (unpaired) electrons. The van der Waals surface area contributed by atoms with Crippen LogP contribution in [0.1, 0.15) is 34.0 Å². The Labute approximate surface area is 220 Å². The van der Waals surface area contributed by atoms with E-state index in [1.807, 2.05) is 22.8 Å². The average molecular weight is 614 g/mol. The van der Waals surface area contributed by atoms with Crippen LogP contribution in [0.3, 0.4) is 0 Å². The first-order chi connectivity index (χ1) is 16.5. The molecular formula is C26H18Br2N2O2S2. The van der Waals surface area contributed by atoms with Crippen molar-refractivity contribution in [2.75, 3.05) is 7.11 Å². The van der Waals surface area contributed by atoms with Crippen LogP contribution >= 0.6 is 54.5 Å². The third-order valence-electron chi connectivity index (χ3n) is 6.21. The number of thiazole rings is 1. The van der Waals surface area contributed by atoms with Crippen LogP contribution < -0.4 is 19.6 Å². The van der Waals surface area contributed by atoms with Gasteiger partial charge in [-0.2, -0.15) is 0 Å². The van der Waals surface area contributed by atoms with Gasteiger partial charge in [-0.15, -0.1) is 11.3 Å². The van der Waals surface area contributed by atoms with Gasteiger partial charge in [-0.25, -0.2) is 4.99 Å². The summed E-state index contributed by atoms with van der Waals surface area (Å²) in [5.74, 6) is 0.725. The van der Waals surface area contributed by atoms with E-state index >= 15 is 0 Å². The number of allylic oxidation sites excluding steroid dienone is 1. The number of fused-ring (bicyclic) bond motifs is 3. The first kappa shape index (κ1) is 22.2. The van der Waals surface area contributed by atoms with Gasteiger partial charge >= 0.3 is 0 Å². The molecule has 8 heteroatoms. The van der Waals surface area contributed by atoms with Crippen molar-refractivity contribution < 1.29 is 4.74 Å². The molecule has 2 aromatic heterocycles. The number of benzene rings is 2. The van der Waals surface area contributed by atoms with E-state index in [9.17, 15) is 4.79 Å². The van der Waals surface area contributed by atoms with E-state index in [2.05, 4.69) is 73.6 Å². The van der Waals surface area contributed by atoms with Gasteiger partial charge in [0, 0.05) is 10.4 Å². The van der Waals surface area contributed by atoms with Crippen LogP contribution in [-0.4, -0.2) is 11.7 Å². The maximum Gasteiger partial charge on any atom is 0.271 e. The lowest BCUT2D eigenvalue weighted by Gasteiger charge is -2.30. The summed E-state index contributed by atoms with van der Waals surface area (Å²) < 4.78 is 9.63. The standard InChI is InChI=1S/C26H18Br2N2O2S2/c1-32-24-18(27)11-14(12-19(24)28)13-21-25(31)30-23(20-7-4-10-33-20)17-9-8-15-5-2-3-6-16(15)22(17)29-26(30)34-21/h2-7,10-13,23H,8-9H2,1H3/b21-13+/t23-/m1/s1. The molecule has 0 saturated carbocycles. The SMILES string of the molecule is COc1c(Br)cc(/C=c2/sc3n(c2=O)[C@@H](c2cccs2)C2=C(N=3)c3ccccc3CC2)cc1Br. The second-order valence-electron chi connectivity index (χ2n) is 8.15. The van der Waals surface area contributed by atoms with Crippen molar-refractivity contribution in [1.82, 2.24) is 4.57 Å². The van der Waals surface area contributed by atoms with Gasteiger partial charge in [0.2, 0.25) is 0 Å². The first-order valence-electron chi connectivity index (χ1n) is 10.7. The van der Waals surface area contributed by atoms with Crippen molar-refractivity contribution in [2.24, 2.45) is 4.99 Å². The molecule has 3 heterocycles. The molecule has 170 valence electrons. The van der Waals surface area contributed by atoms with Crippen LogP contribution in [0.25, 0.3) is 11.8 Å². The minimum absolute atomic E-state index is 0.00405. The lowest BCUT2D eigenvalue weighted by molar-refractivity contribution is 0.409. The van der Waals surface area contributed by atoms with E-state index in [0.717, 1.165) is 43.6 Å². The highest BCUT2D eigenvalue weighted by atomic mass is 79.9. The van der Waals surface area contributed by atoms with Crippen LogP contribution in [0, 0.1) is 0 Å². The number of aromatic nitrogens is 1. The lowest BCUT2D eigenvalue weighted by atomic mass is 9.85. The van der Waals surface area contributed by atoms with Crippen LogP contribution in [-0.2, 0) is 6.42 Å². The molecule has 0 spiro atoms. The van der Waals surface area contributed by atoms with E-state index in [1.165, 1.54) is 32.9 Å². The molecule has 1 atom stereocenters.